The number of aliphatic imine (C=N–C) groups is 1. The van der Waals surface area contributed by atoms with Crippen molar-refractivity contribution in [2.45, 2.75) is 51.2 Å². The summed E-state index contributed by atoms with van der Waals surface area (Å²) in [5.74, 6) is 0.356. The Kier molecular flexibility index (Phi) is 3.26. The third kappa shape index (κ3) is 2.54. The van der Waals surface area contributed by atoms with Gasteiger partial charge in [-0.15, -0.1) is 0 Å². The molecule has 0 heterocycles. The van der Waals surface area contributed by atoms with Crippen LogP contribution in [0.4, 0.5) is 0 Å². The summed E-state index contributed by atoms with van der Waals surface area (Å²) in [5.41, 5.74) is 4.31. The van der Waals surface area contributed by atoms with Gasteiger partial charge in [-0.3, -0.25) is 9.79 Å². The molecule has 80 valence electrons. The third-order valence-corrected chi connectivity index (χ3v) is 2.74. The average Bonchev–Trinajstić information content (AvgIpc) is 2.02. The lowest BCUT2D eigenvalue weighted by Gasteiger charge is -2.33. The van der Waals surface area contributed by atoms with Gasteiger partial charge in [-0.1, -0.05) is 0 Å². The molecule has 3 N–H and O–H groups in total. The minimum Gasteiger partial charge on any atom is -0.388 e. The molecule has 0 spiro atoms. The van der Waals surface area contributed by atoms with Gasteiger partial charge in [-0.05, 0) is 33.1 Å². The van der Waals surface area contributed by atoms with Gasteiger partial charge in [0.15, 0.2) is 5.78 Å². The number of aliphatic hydroxyl groups is 1. The smallest absolute Gasteiger partial charge is 0.161 e. The molecule has 0 aromatic carbocycles. The Hall–Kier alpha value is -0.900. The Morgan fingerprint density at radius 1 is 1.57 bits per heavy atom. The van der Waals surface area contributed by atoms with Crippen LogP contribution in [0.3, 0.4) is 0 Å². The third-order valence-electron chi connectivity index (χ3n) is 2.74. The number of carbonyl (C=O) groups is 1. The van der Waals surface area contributed by atoms with Gasteiger partial charge in [-0.25, -0.2) is 0 Å². The van der Waals surface area contributed by atoms with E-state index in [2.05, 4.69) is 4.99 Å². The first-order valence-electron chi connectivity index (χ1n) is 4.97. The monoisotopic (exact) mass is 198 g/mol. The van der Waals surface area contributed by atoms with Crippen molar-refractivity contribution in [3.05, 3.63) is 0 Å². The molecule has 0 radical (unpaired) electrons. The number of rotatable bonds is 2. The summed E-state index contributed by atoms with van der Waals surface area (Å²) in [4.78, 5) is 15.4. The summed E-state index contributed by atoms with van der Waals surface area (Å²) in [6, 6.07) is 0.00245. The summed E-state index contributed by atoms with van der Waals surface area (Å²) in [7, 11) is 0. The lowest BCUT2D eigenvalue weighted by Crippen LogP contribution is -2.43. The van der Waals surface area contributed by atoms with E-state index in [0.29, 0.717) is 18.7 Å². The number of hydrogen-bond donors (Lipinski definition) is 2. The Balaban J connectivity index is 2.69. The van der Waals surface area contributed by atoms with E-state index < -0.39 is 5.60 Å². The van der Waals surface area contributed by atoms with Crippen molar-refractivity contribution < 1.29 is 9.90 Å². The van der Waals surface area contributed by atoms with Crippen LogP contribution in [-0.2, 0) is 4.79 Å². The van der Waals surface area contributed by atoms with Crippen molar-refractivity contribution in [2.24, 2.45) is 10.7 Å². The standard InChI is InChI=1S/C10H18N2O2/c1-7(13)10(14)5-3-4-9(6-10)12-8(2)11/h9,14H,3-6H2,1-2H3,(H2,11,12). The summed E-state index contributed by atoms with van der Waals surface area (Å²) in [5, 5.41) is 9.97. The fourth-order valence-electron chi connectivity index (χ4n) is 1.94. The highest BCUT2D eigenvalue weighted by molar-refractivity contribution is 5.85. The van der Waals surface area contributed by atoms with Gasteiger partial charge in [0.05, 0.1) is 11.9 Å². The van der Waals surface area contributed by atoms with Crippen LogP contribution in [0.5, 0.6) is 0 Å². The number of carbonyl (C=O) groups excluding carboxylic acids is 1. The second-order valence-electron chi connectivity index (χ2n) is 4.11. The summed E-state index contributed by atoms with van der Waals surface area (Å²) in [6.07, 6.45) is 2.70. The molecule has 2 atom stereocenters. The number of hydrogen-bond acceptors (Lipinski definition) is 3. The highest BCUT2D eigenvalue weighted by Crippen LogP contribution is 2.30. The van der Waals surface area contributed by atoms with Crippen LogP contribution < -0.4 is 5.73 Å². The maximum Gasteiger partial charge on any atom is 0.161 e. The van der Waals surface area contributed by atoms with Crippen LogP contribution in [0.15, 0.2) is 4.99 Å². The Labute approximate surface area is 84.2 Å². The van der Waals surface area contributed by atoms with Gasteiger partial charge < -0.3 is 10.8 Å². The van der Waals surface area contributed by atoms with Crippen LogP contribution in [0.1, 0.15) is 39.5 Å². The molecule has 0 aromatic rings. The molecule has 4 heteroatoms. The van der Waals surface area contributed by atoms with Gasteiger partial charge in [0.25, 0.3) is 0 Å². The van der Waals surface area contributed by atoms with Crippen LogP contribution in [-0.4, -0.2) is 28.4 Å². The molecule has 0 aliphatic heterocycles. The second kappa shape index (κ2) is 4.09. The zero-order chi connectivity index (χ0) is 10.8. The fourth-order valence-corrected chi connectivity index (χ4v) is 1.94. The molecule has 1 saturated carbocycles. The van der Waals surface area contributed by atoms with Crippen molar-refractivity contribution >= 4 is 11.6 Å². The predicted molar refractivity (Wildman–Crippen MR) is 55.2 cm³/mol. The van der Waals surface area contributed by atoms with Crippen molar-refractivity contribution in [2.75, 3.05) is 0 Å². The number of nitrogens with zero attached hydrogens (tertiary/aromatic N) is 1. The van der Waals surface area contributed by atoms with E-state index in [1.165, 1.54) is 6.92 Å². The van der Waals surface area contributed by atoms with Gasteiger partial charge >= 0.3 is 0 Å². The minimum atomic E-state index is -1.16. The van der Waals surface area contributed by atoms with E-state index in [4.69, 9.17) is 5.73 Å². The largest absolute Gasteiger partial charge is 0.388 e. The lowest BCUT2D eigenvalue weighted by molar-refractivity contribution is -0.138. The first-order chi connectivity index (χ1) is 6.44. The number of Topliss-reactive ketones (excluding diaryl/α,β-unsaturated/α-hetero) is 1. The van der Waals surface area contributed by atoms with Crippen LogP contribution in [0.2, 0.25) is 0 Å². The zero-order valence-electron chi connectivity index (χ0n) is 8.79. The zero-order valence-corrected chi connectivity index (χ0v) is 8.79. The Bertz CT molecular complexity index is 259. The SMILES string of the molecule is CC(=O)C1(O)CCCC(N=C(C)N)C1. The summed E-state index contributed by atoms with van der Waals surface area (Å²) in [6.45, 7) is 3.16. The maximum absolute atomic E-state index is 11.2. The number of ketones is 1. The Morgan fingerprint density at radius 2 is 2.21 bits per heavy atom. The quantitative estimate of drug-likeness (QED) is 0.504. The first kappa shape index (κ1) is 11.2. The second-order valence-corrected chi connectivity index (χ2v) is 4.11. The average molecular weight is 198 g/mol. The molecule has 4 nitrogen and oxygen atoms in total. The molecule has 1 rings (SSSR count). The molecule has 1 fully saturated rings. The van der Waals surface area contributed by atoms with Crippen LogP contribution in [0, 0.1) is 0 Å². The van der Waals surface area contributed by atoms with E-state index in [0.717, 1.165) is 12.8 Å². The van der Waals surface area contributed by atoms with Gasteiger partial charge in [-0.2, -0.15) is 0 Å². The lowest BCUT2D eigenvalue weighted by atomic mass is 9.80. The summed E-state index contributed by atoms with van der Waals surface area (Å²) < 4.78 is 0. The van der Waals surface area contributed by atoms with Gasteiger partial charge in [0.1, 0.15) is 5.60 Å². The van der Waals surface area contributed by atoms with Crippen LogP contribution in [0.25, 0.3) is 0 Å². The van der Waals surface area contributed by atoms with Gasteiger partial charge in [0, 0.05) is 6.42 Å². The fraction of sp³-hybridized carbons (Fsp3) is 0.800. The van der Waals surface area contributed by atoms with Crippen LogP contribution >= 0.6 is 0 Å². The van der Waals surface area contributed by atoms with Crippen molar-refractivity contribution in [1.29, 1.82) is 0 Å². The predicted octanol–water partition coefficient (Wildman–Crippen LogP) is 0.626. The van der Waals surface area contributed by atoms with E-state index in [9.17, 15) is 9.90 Å². The highest BCUT2D eigenvalue weighted by atomic mass is 16.3. The molecule has 1 aliphatic carbocycles. The number of nitrogens with two attached hydrogens (primary N) is 1. The van der Waals surface area contributed by atoms with Crippen molar-refractivity contribution in [3.63, 3.8) is 0 Å². The molecule has 0 aromatic heterocycles. The molecule has 2 unspecified atom stereocenters. The van der Waals surface area contributed by atoms with E-state index in [1.54, 1.807) is 6.92 Å². The molecular formula is C10H18N2O2. The van der Waals surface area contributed by atoms with Crippen molar-refractivity contribution in [1.82, 2.24) is 0 Å². The topological polar surface area (TPSA) is 75.7 Å². The minimum absolute atomic E-state index is 0.00245. The Morgan fingerprint density at radius 3 is 2.71 bits per heavy atom. The molecule has 0 saturated heterocycles. The van der Waals surface area contributed by atoms with E-state index >= 15 is 0 Å². The molecule has 14 heavy (non-hydrogen) atoms. The van der Waals surface area contributed by atoms with E-state index in [-0.39, 0.29) is 11.8 Å². The first-order valence-corrected chi connectivity index (χ1v) is 4.97. The normalized spacial score (nSPS) is 34.2. The molecule has 0 amide bonds. The molecule has 1 aliphatic rings. The molecule has 0 bridgehead atoms. The maximum atomic E-state index is 11.2. The molecular weight excluding hydrogens is 180 g/mol. The van der Waals surface area contributed by atoms with Gasteiger partial charge in [0.2, 0.25) is 0 Å². The number of amidine groups is 1. The summed E-state index contributed by atoms with van der Waals surface area (Å²) >= 11 is 0. The van der Waals surface area contributed by atoms with E-state index in [1.807, 2.05) is 0 Å². The highest BCUT2D eigenvalue weighted by Gasteiger charge is 2.38. The van der Waals surface area contributed by atoms with Crippen molar-refractivity contribution in [3.8, 4) is 0 Å².